The molecule has 0 aliphatic carbocycles. The summed E-state index contributed by atoms with van der Waals surface area (Å²) >= 11 is 6.00. The van der Waals surface area contributed by atoms with E-state index >= 15 is 0 Å². The van der Waals surface area contributed by atoms with Crippen LogP contribution in [0.1, 0.15) is 11.3 Å². The van der Waals surface area contributed by atoms with Crippen LogP contribution in [0.5, 0.6) is 0 Å². The Balaban J connectivity index is 1.54. The first-order chi connectivity index (χ1) is 11.7. The molecule has 3 aromatic rings. The molecule has 2 aromatic heterocycles. The largest absolute Gasteiger partial charge is 0.335 e. The summed E-state index contributed by atoms with van der Waals surface area (Å²) in [6.07, 6.45) is 2.67. The highest BCUT2D eigenvalue weighted by Crippen LogP contribution is 2.23. The van der Waals surface area contributed by atoms with Crippen LogP contribution in [-0.4, -0.2) is 36.7 Å². The number of anilines is 3. The molecule has 0 spiro atoms. The molecule has 1 aromatic carbocycles. The van der Waals surface area contributed by atoms with Crippen molar-refractivity contribution >= 4 is 29.2 Å². The van der Waals surface area contributed by atoms with E-state index < -0.39 is 0 Å². The number of nitrogens with one attached hydrogen (secondary N) is 1. The first-order valence-electron chi connectivity index (χ1n) is 7.54. The lowest BCUT2D eigenvalue weighted by atomic mass is 10.1. The van der Waals surface area contributed by atoms with Gasteiger partial charge in [0.15, 0.2) is 0 Å². The maximum atomic E-state index is 6.00. The third-order valence-corrected chi connectivity index (χ3v) is 4.13. The number of hydrogen-bond acceptors (Lipinski definition) is 7. The number of rotatable bonds is 3. The molecule has 1 N–H and O–H groups in total. The second-order valence-corrected chi connectivity index (χ2v) is 6.01. The van der Waals surface area contributed by atoms with E-state index in [0.717, 1.165) is 35.9 Å². The van der Waals surface area contributed by atoms with E-state index in [0.29, 0.717) is 17.5 Å². The smallest absolute Gasteiger partial charge is 0.245 e. The Labute approximate surface area is 143 Å². The van der Waals surface area contributed by atoms with Crippen molar-refractivity contribution in [1.29, 1.82) is 0 Å². The number of hydrogen-bond donors (Lipinski definition) is 1. The predicted molar refractivity (Wildman–Crippen MR) is 90.3 cm³/mol. The Bertz CT molecular complexity index is 877. The first-order valence-corrected chi connectivity index (χ1v) is 7.91. The molecule has 1 aliphatic rings. The van der Waals surface area contributed by atoms with Gasteiger partial charge in [0.1, 0.15) is 0 Å². The number of aromatic nitrogens is 6. The quantitative estimate of drug-likeness (QED) is 0.778. The molecule has 8 nitrogen and oxygen atoms in total. The molecule has 122 valence electrons. The van der Waals surface area contributed by atoms with Crippen LogP contribution in [-0.2, 0) is 20.0 Å². The molecule has 0 bridgehead atoms. The van der Waals surface area contributed by atoms with E-state index in [1.165, 1.54) is 0 Å². The van der Waals surface area contributed by atoms with E-state index in [1.54, 1.807) is 4.68 Å². The fourth-order valence-electron chi connectivity index (χ4n) is 2.74. The Morgan fingerprint density at radius 1 is 1.29 bits per heavy atom. The first kappa shape index (κ1) is 14.8. The van der Waals surface area contributed by atoms with Crippen LogP contribution in [0.4, 0.5) is 17.6 Å². The van der Waals surface area contributed by atoms with Gasteiger partial charge in [-0.15, -0.1) is 0 Å². The molecule has 1 aliphatic heterocycles. The molecule has 9 heteroatoms. The van der Waals surface area contributed by atoms with Crippen LogP contribution < -0.4 is 10.2 Å². The predicted octanol–water partition coefficient (Wildman–Crippen LogP) is 1.96. The van der Waals surface area contributed by atoms with Gasteiger partial charge in [0.25, 0.3) is 0 Å². The van der Waals surface area contributed by atoms with Gasteiger partial charge in [0.05, 0.1) is 5.69 Å². The fraction of sp³-hybridized carbons (Fsp3) is 0.267. The van der Waals surface area contributed by atoms with Crippen molar-refractivity contribution in [2.75, 3.05) is 16.8 Å². The molecule has 0 unspecified atom stereocenters. The fourth-order valence-corrected chi connectivity index (χ4v) is 2.93. The average molecular weight is 343 g/mol. The Morgan fingerprint density at radius 2 is 2.21 bits per heavy atom. The van der Waals surface area contributed by atoms with Gasteiger partial charge in [0, 0.05) is 49.0 Å². The van der Waals surface area contributed by atoms with Crippen LogP contribution >= 0.6 is 11.6 Å². The van der Waals surface area contributed by atoms with Gasteiger partial charge in [-0.3, -0.25) is 0 Å². The number of fused-ring (bicyclic) bond motifs is 1. The highest BCUT2D eigenvalue weighted by molar-refractivity contribution is 6.30. The maximum Gasteiger partial charge on any atom is 0.245 e. The summed E-state index contributed by atoms with van der Waals surface area (Å²) in [6.45, 7) is 1.51. The van der Waals surface area contributed by atoms with Crippen LogP contribution in [0.25, 0.3) is 0 Å². The molecule has 24 heavy (non-hydrogen) atoms. The standard InChI is InChI=1S/C15H15ClN8/c1-23-15(20-21-22-23)24-6-5-13-10(9-24)8-17-14(19-13)18-12-4-2-3-11(16)7-12/h2-4,7-8H,5-6,9H2,1H3,(H,17,18,19). The summed E-state index contributed by atoms with van der Waals surface area (Å²) in [6, 6.07) is 7.48. The Hall–Kier alpha value is -2.74. The monoisotopic (exact) mass is 342 g/mol. The summed E-state index contributed by atoms with van der Waals surface area (Å²) in [5.41, 5.74) is 2.99. The molecule has 0 saturated heterocycles. The Kier molecular flexibility index (Phi) is 3.73. The third-order valence-electron chi connectivity index (χ3n) is 3.90. The second kappa shape index (κ2) is 6.04. The van der Waals surface area contributed by atoms with Crippen molar-refractivity contribution in [3.63, 3.8) is 0 Å². The molecular formula is C15H15ClN8. The summed E-state index contributed by atoms with van der Waals surface area (Å²) in [5, 5.41) is 15.5. The molecule has 3 heterocycles. The second-order valence-electron chi connectivity index (χ2n) is 5.57. The average Bonchev–Trinajstić information content (AvgIpc) is 3.00. The van der Waals surface area contributed by atoms with Crippen LogP contribution in [0, 0.1) is 0 Å². The summed E-state index contributed by atoms with van der Waals surface area (Å²) < 4.78 is 1.67. The number of aryl methyl sites for hydroxylation is 1. The lowest BCUT2D eigenvalue weighted by molar-refractivity contribution is 0.646. The van der Waals surface area contributed by atoms with Crippen molar-refractivity contribution in [3.05, 3.63) is 46.7 Å². The third kappa shape index (κ3) is 2.88. The van der Waals surface area contributed by atoms with Crippen LogP contribution in [0.2, 0.25) is 5.02 Å². The Morgan fingerprint density at radius 3 is 3.00 bits per heavy atom. The SMILES string of the molecule is Cn1nnnc1N1CCc2nc(Nc3cccc(Cl)c3)ncc2C1. The molecule has 0 atom stereocenters. The van der Waals surface area contributed by atoms with E-state index in [4.69, 9.17) is 11.6 Å². The van der Waals surface area contributed by atoms with Crippen molar-refractivity contribution in [1.82, 2.24) is 30.2 Å². The van der Waals surface area contributed by atoms with Gasteiger partial charge < -0.3 is 10.2 Å². The minimum Gasteiger partial charge on any atom is -0.335 e. The highest BCUT2D eigenvalue weighted by atomic mass is 35.5. The number of benzene rings is 1. The zero-order valence-electron chi connectivity index (χ0n) is 13.0. The lowest BCUT2D eigenvalue weighted by Crippen LogP contribution is -2.33. The van der Waals surface area contributed by atoms with Gasteiger partial charge in [-0.05, 0) is 28.6 Å². The minimum absolute atomic E-state index is 0.574. The van der Waals surface area contributed by atoms with Crippen molar-refractivity contribution in [2.24, 2.45) is 7.05 Å². The minimum atomic E-state index is 0.574. The lowest BCUT2D eigenvalue weighted by Gasteiger charge is -2.27. The zero-order valence-corrected chi connectivity index (χ0v) is 13.8. The van der Waals surface area contributed by atoms with E-state index in [-0.39, 0.29) is 0 Å². The normalized spacial score (nSPS) is 13.7. The van der Waals surface area contributed by atoms with Crippen molar-refractivity contribution < 1.29 is 0 Å². The van der Waals surface area contributed by atoms with E-state index in [2.05, 4.69) is 35.7 Å². The van der Waals surface area contributed by atoms with E-state index in [1.807, 2.05) is 37.5 Å². The van der Waals surface area contributed by atoms with Crippen LogP contribution in [0.15, 0.2) is 30.5 Å². The number of halogens is 1. The van der Waals surface area contributed by atoms with Gasteiger partial charge in [0.2, 0.25) is 11.9 Å². The number of nitrogens with zero attached hydrogens (tertiary/aromatic N) is 7. The van der Waals surface area contributed by atoms with Gasteiger partial charge in [-0.25, -0.2) is 14.6 Å². The maximum absolute atomic E-state index is 6.00. The summed E-state index contributed by atoms with van der Waals surface area (Å²) in [7, 11) is 1.83. The molecule has 0 amide bonds. The highest BCUT2D eigenvalue weighted by Gasteiger charge is 2.22. The van der Waals surface area contributed by atoms with Crippen LogP contribution in [0.3, 0.4) is 0 Å². The van der Waals surface area contributed by atoms with Gasteiger partial charge in [-0.1, -0.05) is 22.8 Å². The molecule has 0 fully saturated rings. The number of tetrazole rings is 1. The van der Waals surface area contributed by atoms with Crippen molar-refractivity contribution in [2.45, 2.75) is 13.0 Å². The zero-order chi connectivity index (χ0) is 16.5. The molecule has 0 radical (unpaired) electrons. The topological polar surface area (TPSA) is 84.7 Å². The van der Waals surface area contributed by atoms with Gasteiger partial charge >= 0.3 is 0 Å². The molecule has 4 rings (SSSR count). The van der Waals surface area contributed by atoms with Gasteiger partial charge in [-0.2, -0.15) is 0 Å². The van der Waals surface area contributed by atoms with Crippen molar-refractivity contribution in [3.8, 4) is 0 Å². The summed E-state index contributed by atoms with van der Waals surface area (Å²) in [4.78, 5) is 11.2. The van der Waals surface area contributed by atoms with E-state index in [9.17, 15) is 0 Å². The molecule has 0 saturated carbocycles. The molecular weight excluding hydrogens is 328 g/mol. The summed E-state index contributed by atoms with van der Waals surface area (Å²) in [5.74, 6) is 1.33.